The van der Waals surface area contributed by atoms with Gasteiger partial charge in [-0.05, 0) is 37.6 Å². The van der Waals surface area contributed by atoms with Crippen molar-refractivity contribution in [2.45, 2.75) is 37.6 Å². The monoisotopic (exact) mass is 405 g/mol. The lowest BCUT2D eigenvalue weighted by atomic mass is 10.1. The van der Waals surface area contributed by atoms with Crippen molar-refractivity contribution in [2.24, 2.45) is 0 Å². The molecule has 148 valence electrons. The summed E-state index contributed by atoms with van der Waals surface area (Å²) in [5.41, 5.74) is 0.230. The van der Waals surface area contributed by atoms with Crippen LogP contribution in [0.1, 0.15) is 37.0 Å². The summed E-state index contributed by atoms with van der Waals surface area (Å²) in [4.78, 5) is 12.6. The Morgan fingerprint density at radius 1 is 1.35 bits per heavy atom. The molecule has 0 saturated carbocycles. The summed E-state index contributed by atoms with van der Waals surface area (Å²) >= 11 is 0. The zero-order valence-corrected chi connectivity index (χ0v) is 17.1. The molecule has 1 unspecified atom stereocenters. The molecule has 1 aliphatic heterocycles. The number of halogens is 1. The highest BCUT2D eigenvalue weighted by Gasteiger charge is 2.25. The van der Waals surface area contributed by atoms with Crippen LogP contribution in [0.15, 0.2) is 23.1 Å². The van der Waals surface area contributed by atoms with Crippen LogP contribution in [0.3, 0.4) is 0 Å². The summed E-state index contributed by atoms with van der Waals surface area (Å²) in [6.07, 6.45) is 2.12. The first kappa shape index (κ1) is 22.7. The van der Waals surface area contributed by atoms with Gasteiger partial charge in [0.25, 0.3) is 5.91 Å². The Bertz CT molecular complexity index is 702. The predicted octanol–water partition coefficient (Wildman–Crippen LogP) is 1.63. The third-order valence-electron chi connectivity index (χ3n) is 4.43. The molecule has 2 N–H and O–H groups in total. The summed E-state index contributed by atoms with van der Waals surface area (Å²) in [5, 5.41) is 6.17. The van der Waals surface area contributed by atoms with E-state index < -0.39 is 10.0 Å². The zero-order valence-electron chi connectivity index (χ0n) is 15.4. The molecule has 1 aromatic rings. The minimum atomic E-state index is -3.63. The van der Waals surface area contributed by atoms with Gasteiger partial charge in [-0.15, -0.1) is 12.4 Å². The fraction of sp³-hybridized carbons (Fsp3) is 0.588. The van der Waals surface area contributed by atoms with Crippen LogP contribution in [0, 0.1) is 0 Å². The van der Waals surface area contributed by atoms with Gasteiger partial charge < -0.3 is 15.4 Å². The third kappa shape index (κ3) is 5.09. The second-order valence-corrected chi connectivity index (χ2v) is 7.89. The molecule has 26 heavy (non-hydrogen) atoms. The molecule has 1 atom stereocenters. The van der Waals surface area contributed by atoms with Gasteiger partial charge in [-0.25, -0.2) is 8.42 Å². The lowest BCUT2D eigenvalue weighted by Gasteiger charge is -2.19. The molecule has 1 aromatic carbocycles. The van der Waals surface area contributed by atoms with Gasteiger partial charge in [-0.3, -0.25) is 4.79 Å². The van der Waals surface area contributed by atoms with Crippen LogP contribution in [0.2, 0.25) is 0 Å². The van der Waals surface area contributed by atoms with Crippen LogP contribution in [0.4, 0.5) is 0 Å². The Kier molecular flexibility index (Phi) is 8.82. The lowest BCUT2D eigenvalue weighted by Crippen LogP contribution is -2.37. The van der Waals surface area contributed by atoms with E-state index in [0.717, 1.165) is 19.4 Å². The van der Waals surface area contributed by atoms with Crippen molar-refractivity contribution in [1.82, 2.24) is 14.9 Å². The van der Waals surface area contributed by atoms with Crippen LogP contribution in [0.5, 0.6) is 5.75 Å². The first-order chi connectivity index (χ1) is 11.9. The SMILES string of the molecule is CCN(CC)S(=O)(=O)c1ccc(OC)c(C(=O)NCC2CCCN2)c1.Cl. The minimum absolute atomic E-state index is 0. The van der Waals surface area contributed by atoms with Crippen molar-refractivity contribution < 1.29 is 17.9 Å². The molecular weight excluding hydrogens is 378 g/mol. The van der Waals surface area contributed by atoms with Gasteiger partial charge in [0, 0.05) is 25.7 Å². The molecule has 2 rings (SSSR count). The molecule has 1 aliphatic rings. The van der Waals surface area contributed by atoms with E-state index in [-0.39, 0.29) is 34.8 Å². The van der Waals surface area contributed by atoms with Gasteiger partial charge in [-0.2, -0.15) is 4.31 Å². The first-order valence-electron chi connectivity index (χ1n) is 8.63. The van der Waals surface area contributed by atoms with Crippen LogP contribution >= 0.6 is 12.4 Å². The Balaban J connectivity index is 0.00000338. The Morgan fingerprint density at radius 3 is 2.58 bits per heavy atom. The number of sulfonamides is 1. The second kappa shape index (κ2) is 10.1. The number of carbonyl (C=O) groups is 1. The van der Waals surface area contributed by atoms with Gasteiger partial charge in [0.1, 0.15) is 5.75 Å². The van der Waals surface area contributed by atoms with Crippen molar-refractivity contribution in [2.75, 3.05) is 33.3 Å². The van der Waals surface area contributed by atoms with Crippen molar-refractivity contribution in [3.05, 3.63) is 23.8 Å². The quantitative estimate of drug-likeness (QED) is 0.686. The number of ether oxygens (including phenoxy) is 1. The number of hydrogen-bond donors (Lipinski definition) is 2. The fourth-order valence-corrected chi connectivity index (χ4v) is 4.46. The molecule has 1 amide bonds. The fourth-order valence-electron chi connectivity index (χ4n) is 2.98. The Labute approximate surface area is 161 Å². The number of amides is 1. The highest BCUT2D eigenvalue weighted by atomic mass is 35.5. The van der Waals surface area contributed by atoms with Crippen molar-refractivity contribution in [3.8, 4) is 5.75 Å². The van der Waals surface area contributed by atoms with E-state index in [2.05, 4.69) is 10.6 Å². The Hall–Kier alpha value is -1.35. The van der Waals surface area contributed by atoms with Crippen LogP contribution in [-0.4, -0.2) is 58.0 Å². The molecule has 1 fully saturated rings. The maximum Gasteiger partial charge on any atom is 0.255 e. The Morgan fingerprint density at radius 2 is 2.04 bits per heavy atom. The normalized spacial score (nSPS) is 17.0. The smallest absolute Gasteiger partial charge is 0.255 e. The van der Waals surface area contributed by atoms with Gasteiger partial charge in [-0.1, -0.05) is 13.8 Å². The molecule has 1 heterocycles. The molecule has 0 radical (unpaired) electrons. The van der Waals surface area contributed by atoms with E-state index in [4.69, 9.17) is 4.74 Å². The lowest BCUT2D eigenvalue weighted by molar-refractivity contribution is 0.0947. The topological polar surface area (TPSA) is 87.7 Å². The largest absolute Gasteiger partial charge is 0.496 e. The number of nitrogens with one attached hydrogen (secondary N) is 2. The van der Waals surface area contributed by atoms with E-state index in [1.54, 1.807) is 13.8 Å². The van der Waals surface area contributed by atoms with E-state index in [1.165, 1.54) is 29.6 Å². The first-order valence-corrected chi connectivity index (χ1v) is 10.1. The highest BCUT2D eigenvalue weighted by molar-refractivity contribution is 7.89. The minimum Gasteiger partial charge on any atom is -0.496 e. The predicted molar refractivity (Wildman–Crippen MR) is 104 cm³/mol. The van der Waals surface area contributed by atoms with Gasteiger partial charge in [0.2, 0.25) is 10.0 Å². The number of hydrogen-bond acceptors (Lipinski definition) is 5. The zero-order chi connectivity index (χ0) is 18.4. The summed E-state index contributed by atoms with van der Waals surface area (Å²) in [7, 11) is -2.17. The van der Waals surface area contributed by atoms with E-state index in [9.17, 15) is 13.2 Å². The van der Waals surface area contributed by atoms with E-state index in [1.807, 2.05) is 0 Å². The molecule has 1 saturated heterocycles. The number of methoxy groups -OCH3 is 1. The molecule has 0 bridgehead atoms. The summed E-state index contributed by atoms with van der Waals surface area (Å²) < 4.78 is 32.0. The van der Waals surface area contributed by atoms with E-state index >= 15 is 0 Å². The third-order valence-corrected chi connectivity index (χ3v) is 6.48. The molecule has 9 heteroatoms. The van der Waals surface area contributed by atoms with Crippen molar-refractivity contribution in [1.29, 1.82) is 0 Å². The number of carbonyl (C=O) groups excluding carboxylic acids is 1. The van der Waals surface area contributed by atoms with Crippen LogP contribution in [-0.2, 0) is 10.0 Å². The number of benzene rings is 1. The second-order valence-electron chi connectivity index (χ2n) is 5.95. The number of nitrogens with zero attached hydrogens (tertiary/aromatic N) is 1. The summed E-state index contributed by atoms with van der Waals surface area (Å²) in [6.45, 7) is 5.79. The number of rotatable bonds is 8. The van der Waals surface area contributed by atoms with Gasteiger partial charge in [0.05, 0.1) is 17.6 Å². The molecule has 7 nitrogen and oxygen atoms in total. The van der Waals surface area contributed by atoms with E-state index in [0.29, 0.717) is 25.4 Å². The standard InChI is InChI=1S/C17H27N3O4S.ClH/c1-4-20(5-2)25(22,23)14-8-9-16(24-3)15(11-14)17(21)19-12-13-7-6-10-18-13;/h8-9,11,13,18H,4-7,10,12H2,1-3H3,(H,19,21);1H. The molecule has 0 aliphatic carbocycles. The highest BCUT2D eigenvalue weighted by Crippen LogP contribution is 2.24. The molecule has 0 spiro atoms. The van der Waals surface area contributed by atoms with Crippen LogP contribution < -0.4 is 15.4 Å². The average molecular weight is 406 g/mol. The summed E-state index contributed by atoms with van der Waals surface area (Å²) in [5.74, 6) is 0.0255. The molecule has 0 aromatic heterocycles. The maximum absolute atomic E-state index is 12.7. The van der Waals surface area contributed by atoms with Crippen LogP contribution in [0.25, 0.3) is 0 Å². The van der Waals surface area contributed by atoms with Crippen molar-refractivity contribution >= 4 is 28.3 Å². The van der Waals surface area contributed by atoms with Gasteiger partial charge in [0.15, 0.2) is 0 Å². The average Bonchev–Trinajstić information content (AvgIpc) is 3.13. The maximum atomic E-state index is 12.7. The molecular formula is C17H28ClN3O4S. The van der Waals surface area contributed by atoms with Gasteiger partial charge >= 0.3 is 0 Å². The van der Waals surface area contributed by atoms with Crippen molar-refractivity contribution in [3.63, 3.8) is 0 Å². The summed E-state index contributed by atoms with van der Waals surface area (Å²) in [6, 6.07) is 4.66.